The molecule has 0 aliphatic heterocycles. The van der Waals surface area contributed by atoms with Gasteiger partial charge in [0.25, 0.3) is 5.91 Å². The molecular formula is C22H25NO5. The van der Waals surface area contributed by atoms with Gasteiger partial charge in [0.05, 0.1) is 13.0 Å². The number of rotatable bonds is 10. The molecule has 2 aromatic rings. The van der Waals surface area contributed by atoms with Crippen LogP contribution in [0.25, 0.3) is 0 Å². The maximum absolute atomic E-state index is 12.2. The number of hydrogen-bond acceptors (Lipinski definition) is 5. The van der Waals surface area contributed by atoms with E-state index in [0.29, 0.717) is 23.6 Å². The largest absolute Gasteiger partial charge is 0.494 e. The lowest BCUT2D eigenvalue weighted by molar-refractivity contribution is -0.147. The third kappa shape index (κ3) is 6.54. The van der Waals surface area contributed by atoms with E-state index in [1.807, 2.05) is 25.1 Å². The number of likely N-dealkylation sites (N-methyl/N-ethyl adjacent to an activating group) is 1. The second kappa shape index (κ2) is 10.9. The molecule has 1 amide bonds. The van der Waals surface area contributed by atoms with Gasteiger partial charge in [0, 0.05) is 24.7 Å². The van der Waals surface area contributed by atoms with Gasteiger partial charge in [-0.05, 0) is 42.8 Å². The second-order valence-corrected chi connectivity index (χ2v) is 6.25. The Morgan fingerprint density at radius 2 is 1.61 bits per heavy atom. The number of ether oxygens (including phenoxy) is 2. The standard InChI is InChI=1S/C22H25NO5/c1-3-15-27-19-11-9-17(10-12-19)20(24)13-14-22(26)28-16-21(25)23(2)18-7-5-4-6-8-18/h4-12H,3,13-16H2,1-2H3. The molecule has 2 rings (SSSR count). The summed E-state index contributed by atoms with van der Waals surface area (Å²) in [5.74, 6) is -0.370. The van der Waals surface area contributed by atoms with Crippen molar-refractivity contribution in [2.45, 2.75) is 26.2 Å². The van der Waals surface area contributed by atoms with E-state index in [1.54, 1.807) is 43.4 Å². The van der Waals surface area contributed by atoms with Gasteiger partial charge >= 0.3 is 5.97 Å². The number of carbonyl (C=O) groups is 3. The van der Waals surface area contributed by atoms with Crippen molar-refractivity contribution >= 4 is 23.3 Å². The van der Waals surface area contributed by atoms with Crippen LogP contribution in [0, 0.1) is 0 Å². The molecule has 0 heterocycles. The average molecular weight is 383 g/mol. The Morgan fingerprint density at radius 3 is 2.25 bits per heavy atom. The van der Waals surface area contributed by atoms with Crippen LogP contribution in [-0.4, -0.2) is 37.9 Å². The average Bonchev–Trinajstić information content (AvgIpc) is 2.74. The fourth-order valence-corrected chi connectivity index (χ4v) is 2.42. The quantitative estimate of drug-likeness (QED) is 0.463. The predicted molar refractivity (Wildman–Crippen MR) is 107 cm³/mol. The summed E-state index contributed by atoms with van der Waals surface area (Å²) >= 11 is 0. The summed E-state index contributed by atoms with van der Waals surface area (Å²) in [6.07, 6.45) is 0.860. The van der Waals surface area contributed by atoms with Crippen LogP contribution in [0.5, 0.6) is 5.75 Å². The lowest BCUT2D eigenvalue weighted by Gasteiger charge is -2.17. The van der Waals surface area contributed by atoms with E-state index in [1.165, 1.54) is 4.90 Å². The predicted octanol–water partition coefficient (Wildman–Crippen LogP) is 3.64. The molecule has 0 aliphatic carbocycles. The van der Waals surface area contributed by atoms with Crippen molar-refractivity contribution in [3.63, 3.8) is 0 Å². The molecule has 0 saturated carbocycles. The second-order valence-electron chi connectivity index (χ2n) is 6.25. The Balaban J connectivity index is 1.74. The molecule has 6 heteroatoms. The number of hydrogen-bond donors (Lipinski definition) is 0. The van der Waals surface area contributed by atoms with Gasteiger partial charge in [0.15, 0.2) is 12.4 Å². The van der Waals surface area contributed by atoms with E-state index in [0.717, 1.165) is 6.42 Å². The molecule has 6 nitrogen and oxygen atoms in total. The van der Waals surface area contributed by atoms with Crippen molar-refractivity contribution in [2.75, 3.05) is 25.2 Å². The first-order valence-corrected chi connectivity index (χ1v) is 9.24. The summed E-state index contributed by atoms with van der Waals surface area (Å²) < 4.78 is 10.5. The minimum Gasteiger partial charge on any atom is -0.494 e. The lowest BCUT2D eigenvalue weighted by atomic mass is 10.1. The molecule has 0 unspecified atom stereocenters. The first-order chi connectivity index (χ1) is 13.5. The number of Topliss-reactive ketones (excluding diaryl/α,β-unsaturated/α-hetero) is 1. The number of nitrogens with zero attached hydrogens (tertiary/aromatic N) is 1. The Kier molecular flexibility index (Phi) is 8.21. The third-order valence-electron chi connectivity index (χ3n) is 4.08. The highest BCUT2D eigenvalue weighted by Crippen LogP contribution is 2.15. The maximum atomic E-state index is 12.2. The lowest BCUT2D eigenvalue weighted by Crippen LogP contribution is -2.31. The van der Waals surface area contributed by atoms with E-state index >= 15 is 0 Å². The van der Waals surface area contributed by atoms with Crippen LogP contribution in [0.3, 0.4) is 0 Å². The number of esters is 1. The summed E-state index contributed by atoms with van der Waals surface area (Å²) in [5.41, 5.74) is 1.22. The van der Waals surface area contributed by atoms with Crippen molar-refractivity contribution in [3.05, 3.63) is 60.2 Å². The molecule has 28 heavy (non-hydrogen) atoms. The van der Waals surface area contributed by atoms with Crippen LogP contribution < -0.4 is 9.64 Å². The Bertz CT molecular complexity index is 786. The van der Waals surface area contributed by atoms with Crippen molar-refractivity contribution in [1.82, 2.24) is 0 Å². The molecule has 0 radical (unpaired) electrons. The fraction of sp³-hybridized carbons (Fsp3) is 0.318. The highest BCUT2D eigenvalue weighted by Gasteiger charge is 2.15. The molecule has 0 atom stereocenters. The van der Waals surface area contributed by atoms with Gasteiger partial charge in [-0.15, -0.1) is 0 Å². The van der Waals surface area contributed by atoms with Crippen LogP contribution in [0.4, 0.5) is 5.69 Å². The smallest absolute Gasteiger partial charge is 0.306 e. The van der Waals surface area contributed by atoms with Gasteiger partial charge in [0.1, 0.15) is 5.75 Å². The Hall–Kier alpha value is -3.15. The molecule has 0 aromatic heterocycles. The summed E-state index contributed by atoms with van der Waals surface area (Å²) in [4.78, 5) is 37.5. The number of anilines is 1. The molecule has 148 valence electrons. The van der Waals surface area contributed by atoms with E-state index in [4.69, 9.17) is 9.47 Å². The van der Waals surface area contributed by atoms with Gasteiger partial charge in [-0.3, -0.25) is 14.4 Å². The van der Waals surface area contributed by atoms with Crippen LogP contribution in [0.15, 0.2) is 54.6 Å². The van der Waals surface area contributed by atoms with E-state index < -0.39 is 5.97 Å². The summed E-state index contributed by atoms with van der Waals surface area (Å²) in [7, 11) is 1.61. The fourth-order valence-electron chi connectivity index (χ4n) is 2.42. The van der Waals surface area contributed by atoms with Crippen molar-refractivity contribution in [2.24, 2.45) is 0 Å². The molecule has 0 bridgehead atoms. The number of carbonyl (C=O) groups excluding carboxylic acids is 3. The molecule has 2 aromatic carbocycles. The van der Waals surface area contributed by atoms with E-state index in [-0.39, 0.29) is 31.1 Å². The van der Waals surface area contributed by atoms with Crippen LogP contribution in [-0.2, 0) is 14.3 Å². The summed E-state index contributed by atoms with van der Waals surface area (Å²) in [5, 5.41) is 0. The zero-order valence-corrected chi connectivity index (χ0v) is 16.2. The number of benzene rings is 2. The normalized spacial score (nSPS) is 10.2. The molecule has 0 saturated heterocycles. The molecule has 0 fully saturated rings. The van der Waals surface area contributed by atoms with Crippen molar-refractivity contribution in [3.8, 4) is 5.75 Å². The van der Waals surface area contributed by atoms with E-state index in [9.17, 15) is 14.4 Å². The van der Waals surface area contributed by atoms with Gasteiger partial charge in [0.2, 0.25) is 0 Å². The third-order valence-corrected chi connectivity index (χ3v) is 4.08. The van der Waals surface area contributed by atoms with Crippen molar-refractivity contribution in [1.29, 1.82) is 0 Å². The highest BCUT2D eigenvalue weighted by molar-refractivity contribution is 5.98. The van der Waals surface area contributed by atoms with Gasteiger partial charge in [-0.2, -0.15) is 0 Å². The van der Waals surface area contributed by atoms with Gasteiger partial charge in [-0.25, -0.2) is 0 Å². The Morgan fingerprint density at radius 1 is 0.929 bits per heavy atom. The topological polar surface area (TPSA) is 72.9 Å². The summed E-state index contributed by atoms with van der Waals surface area (Å²) in [6, 6.07) is 15.9. The highest BCUT2D eigenvalue weighted by atomic mass is 16.5. The Labute approximate surface area is 165 Å². The number of para-hydroxylation sites is 1. The van der Waals surface area contributed by atoms with Crippen LogP contribution in [0.1, 0.15) is 36.5 Å². The zero-order valence-electron chi connectivity index (χ0n) is 16.2. The number of amides is 1. The summed E-state index contributed by atoms with van der Waals surface area (Å²) in [6.45, 7) is 2.28. The minimum absolute atomic E-state index is 0.0245. The monoisotopic (exact) mass is 383 g/mol. The van der Waals surface area contributed by atoms with Gasteiger partial charge in [-0.1, -0.05) is 25.1 Å². The molecule has 0 N–H and O–H groups in total. The minimum atomic E-state index is -0.578. The van der Waals surface area contributed by atoms with Crippen LogP contribution in [0.2, 0.25) is 0 Å². The van der Waals surface area contributed by atoms with Gasteiger partial charge < -0.3 is 14.4 Å². The molecule has 0 spiro atoms. The molecular weight excluding hydrogens is 358 g/mol. The number of ketones is 1. The maximum Gasteiger partial charge on any atom is 0.306 e. The van der Waals surface area contributed by atoms with Crippen molar-refractivity contribution < 1.29 is 23.9 Å². The first-order valence-electron chi connectivity index (χ1n) is 9.24. The van der Waals surface area contributed by atoms with E-state index in [2.05, 4.69) is 0 Å². The SMILES string of the molecule is CCCOc1ccc(C(=O)CCC(=O)OCC(=O)N(C)c2ccccc2)cc1. The molecule has 0 aliphatic rings. The first kappa shape index (κ1) is 21.2. The zero-order chi connectivity index (χ0) is 20.4. The van der Waals surface area contributed by atoms with Crippen LogP contribution >= 0.6 is 0 Å².